The van der Waals surface area contributed by atoms with Gasteiger partial charge in [-0.05, 0) is 18.2 Å². The zero-order valence-electron chi connectivity index (χ0n) is 10.1. The van der Waals surface area contributed by atoms with Crippen molar-refractivity contribution in [3.63, 3.8) is 0 Å². The smallest absolute Gasteiger partial charge is 0.144 e. The Bertz CT molecular complexity index is 740. The SMILES string of the molecule is N#Cc1cc2ccccc2nc1NCc1ccn[nH]1. The zero-order valence-corrected chi connectivity index (χ0v) is 10.1. The first-order valence-corrected chi connectivity index (χ1v) is 5.89. The summed E-state index contributed by atoms with van der Waals surface area (Å²) in [7, 11) is 0. The quantitative estimate of drug-likeness (QED) is 0.747. The lowest BCUT2D eigenvalue weighted by Crippen LogP contribution is -2.04. The highest BCUT2D eigenvalue weighted by Gasteiger charge is 2.06. The van der Waals surface area contributed by atoms with E-state index >= 15 is 0 Å². The van der Waals surface area contributed by atoms with Gasteiger partial charge in [0.15, 0.2) is 0 Å². The standard InChI is InChI=1S/C14H11N5/c15-8-11-7-10-3-1-2-4-13(10)18-14(11)16-9-12-5-6-17-19-12/h1-7H,9H2,(H,16,18)(H,17,19). The number of para-hydroxylation sites is 1. The van der Waals surface area contributed by atoms with Crippen LogP contribution in [-0.2, 0) is 6.54 Å². The molecule has 0 fully saturated rings. The number of rotatable bonds is 3. The van der Waals surface area contributed by atoms with Gasteiger partial charge in [-0.1, -0.05) is 18.2 Å². The minimum absolute atomic E-state index is 0.540. The average Bonchev–Trinajstić information content (AvgIpc) is 2.97. The number of H-pyrrole nitrogens is 1. The maximum atomic E-state index is 9.18. The molecule has 0 unspecified atom stereocenters. The minimum Gasteiger partial charge on any atom is -0.363 e. The summed E-state index contributed by atoms with van der Waals surface area (Å²) in [5.74, 6) is 0.593. The van der Waals surface area contributed by atoms with Crippen molar-refractivity contribution in [2.75, 3.05) is 5.32 Å². The normalized spacial score (nSPS) is 10.3. The fourth-order valence-electron chi connectivity index (χ4n) is 1.90. The molecule has 1 aromatic carbocycles. The van der Waals surface area contributed by atoms with E-state index in [-0.39, 0.29) is 0 Å². The van der Waals surface area contributed by atoms with Crippen LogP contribution in [0.2, 0.25) is 0 Å². The molecule has 2 aromatic heterocycles. The van der Waals surface area contributed by atoms with E-state index in [1.54, 1.807) is 6.20 Å². The van der Waals surface area contributed by atoms with Crippen molar-refractivity contribution in [1.82, 2.24) is 15.2 Å². The van der Waals surface area contributed by atoms with Crippen LogP contribution < -0.4 is 5.32 Å². The number of nitriles is 1. The van der Waals surface area contributed by atoms with Crippen molar-refractivity contribution in [1.29, 1.82) is 5.26 Å². The number of hydrogen-bond donors (Lipinski definition) is 2. The van der Waals surface area contributed by atoms with Crippen LogP contribution in [0.5, 0.6) is 0 Å². The molecule has 0 radical (unpaired) electrons. The molecule has 0 amide bonds. The number of nitrogens with zero attached hydrogens (tertiary/aromatic N) is 3. The maximum Gasteiger partial charge on any atom is 0.144 e. The molecule has 0 aliphatic heterocycles. The van der Waals surface area contributed by atoms with Gasteiger partial charge < -0.3 is 5.32 Å². The molecular formula is C14H11N5. The minimum atomic E-state index is 0.540. The van der Waals surface area contributed by atoms with E-state index in [1.807, 2.05) is 36.4 Å². The average molecular weight is 249 g/mol. The van der Waals surface area contributed by atoms with Crippen LogP contribution in [0.3, 0.4) is 0 Å². The maximum absolute atomic E-state index is 9.18. The van der Waals surface area contributed by atoms with Crippen molar-refractivity contribution in [3.05, 3.63) is 53.9 Å². The first kappa shape index (κ1) is 11.2. The van der Waals surface area contributed by atoms with Gasteiger partial charge >= 0.3 is 0 Å². The lowest BCUT2D eigenvalue weighted by Gasteiger charge is -2.07. The van der Waals surface area contributed by atoms with E-state index in [4.69, 9.17) is 0 Å². The van der Waals surface area contributed by atoms with E-state index in [2.05, 4.69) is 26.6 Å². The van der Waals surface area contributed by atoms with E-state index in [0.717, 1.165) is 16.6 Å². The molecule has 5 heteroatoms. The molecule has 0 saturated heterocycles. The van der Waals surface area contributed by atoms with Crippen molar-refractivity contribution in [2.24, 2.45) is 0 Å². The Hall–Kier alpha value is -2.87. The molecule has 0 spiro atoms. The number of hydrogen-bond acceptors (Lipinski definition) is 4. The molecule has 0 aliphatic rings. The Labute approximate surface area is 109 Å². The van der Waals surface area contributed by atoms with Gasteiger partial charge in [-0.15, -0.1) is 0 Å². The predicted molar refractivity (Wildman–Crippen MR) is 72.4 cm³/mol. The van der Waals surface area contributed by atoms with Crippen LogP contribution in [0.15, 0.2) is 42.6 Å². The summed E-state index contributed by atoms with van der Waals surface area (Å²) in [6.07, 6.45) is 1.69. The van der Waals surface area contributed by atoms with Crippen LogP contribution in [0.25, 0.3) is 10.9 Å². The highest BCUT2D eigenvalue weighted by molar-refractivity contribution is 5.82. The first-order valence-electron chi connectivity index (χ1n) is 5.89. The van der Waals surface area contributed by atoms with Crippen LogP contribution in [0.4, 0.5) is 5.82 Å². The lowest BCUT2D eigenvalue weighted by atomic mass is 10.1. The van der Waals surface area contributed by atoms with Gasteiger partial charge in [0.2, 0.25) is 0 Å². The summed E-state index contributed by atoms with van der Waals surface area (Å²) in [5, 5.41) is 20.0. The molecule has 19 heavy (non-hydrogen) atoms. The van der Waals surface area contributed by atoms with E-state index in [0.29, 0.717) is 17.9 Å². The fraction of sp³-hybridized carbons (Fsp3) is 0.0714. The molecule has 0 atom stereocenters. The van der Waals surface area contributed by atoms with Gasteiger partial charge in [0.25, 0.3) is 0 Å². The Kier molecular flexibility index (Phi) is 2.83. The third-order valence-corrected chi connectivity index (χ3v) is 2.85. The van der Waals surface area contributed by atoms with Crippen LogP contribution in [0, 0.1) is 11.3 Å². The number of anilines is 1. The summed E-state index contributed by atoms with van der Waals surface area (Å²) in [4.78, 5) is 4.48. The summed E-state index contributed by atoms with van der Waals surface area (Å²) in [6, 6.07) is 13.6. The topological polar surface area (TPSA) is 77.4 Å². The second kappa shape index (κ2) is 4.78. The number of benzene rings is 1. The number of aromatic amines is 1. The van der Waals surface area contributed by atoms with Crippen LogP contribution >= 0.6 is 0 Å². The van der Waals surface area contributed by atoms with E-state index < -0.39 is 0 Å². The fourth-order valence-corrected chi connectivity index (χ4v) is 1.90. The Morgan fingerprint density at radius 2 is 2.16 bits per heavy atom. The van der Waals surface area contributed by atoms with Crippen molar-refractivity contribution in [2.45, 2.75) is 6.54 Å². The first-order chi connectivity index (χ1) is 9.36. The monoisotopic (exact) mass is 249 g/mol. The van der Waals surface area contributed by atoms with Crippen molar-refractivity contribution in [3.8, 4) is 6.07 Å². The van der Waals surface area contributed by atoms with Crippen molar-refractivity contribution >= 4 is 16.7 Å². The van der Waals surface area contributed by atoms with Crippen LogP contribution in [-0.4, -0.2) is 15.2 Å². The Morgan fingerprint density at radius 1 is 1.26 bits per heavy atom. The second-order valence-corrected chi connectivity index (χ2v) is 4.12. The predicted octanol–water partition coefficient (Wildman–Crippen LogP) is 2.44. The molecule has 0 bridgehead atoms. The summed E-state index contributed by atoms with van der Waals surface area (Å²) < 4.78 is 0. The van der Waals surface area contributed by atoms with Gasteiger partial charge in [-0.25, -0.2) is 4.98 Å². The molecule has 2 N–H and O–H groups in total. The van der Waals surface area contributed by atoms with E-state index in [1.165, 1.54) is 0 Å². The molecule has 0 saturated carbocycles. The second-order valence-electron chi connectivity index (χ2n) is 4.12. The Morgan fingerprint density at radius 3 is 2.95 bits per heavy atom. The highest BCUT2D eigenvalue weighted by atomic mass is 15.1. The molecule has 92 valence electrons. The molecule has 0 aliphatic carbocycles. The molecule has 3 aromatic rings. The number of pyridine rings is 1. The van der Waals surface area contributed by atoms with Gasteiger partial charge in [0.05, 0.1) is 23.3 Å². The number of aromatic nitrogens is 3. The van der Waals surface area contributed by atoms with Gasteiger partial charge in [0.1, 0.15) is 11.9 Å². The highest BCUT2D eigenvalue weighted by Crippen LogP contribution is 2.20. The summed E-state index contributed by atoms with van der Waals surface area (Å²) in [5.41, 5.74) is 2.35. The number of nitrogens with one attached hydrogen (secondary N) is 2. The van der Waals surface area contributed by atoms with Gasteiger partial charge in [0, 0.05) is 11.6 Å². The molecule has 3 rings (SSSR count). The van der Waals surface area contributed by atoms with Gasteiger partial charge in [-0.2, -0.15) is 10.4 Å². The largest absolute Gasteiger partial charge is 0.363 e. The van der Waals surface area contributed by atoms with E-state index in [9.17, 15) is 5.26 Å². The summed E-state index contributed by atoms with van der Waals surface area (Å²) in [6.45, 7) is 0.556. The molecule has 5 nitrogen and oxygen atoms in total. The third kappa shape index (κ3) is 2.24. The molecule has 2 heterocycles. The Balaban J connectivity index is 1.95. The molecular weight excluding hydrogens is 238 g/mol. The summed E-state index contributed by atoms with van der Waals surface area (Å²) >= 11 is 0. The van der Waals surface area contributed by atoms with Gasteiger partial charge in [-0.3, -0.25) is 5.10 Å². The van der Waals surface area contributed by atoms with Crippen molar-refractivity contribution < 1.29 is 0 Å². The zero-order chi connectivity index (χ0) is 13.1. The lowest BCUT2D eigenvalue weighted by molar-refractivity contribution is 0.975. The number of fused-ring (bicyclic) bond motifs is 1. The van der Waals surface area contributed by atoms with Crippen LogP contribution in [0.1, 0.15) is 11.3 Å². The third-order valence-electron chi connectivity index (χ3n) is 2.85.